The molecule has 5 aromatic heterocycles. The number of thiazole rings is 2. The molecule has 2 saturated heterocycles. The zero-order valence-corrected chi connectivity index (χ0v) is 30.3. The Morgan fingerprint density at radius 2 is 1.49 bits per heavy atom. The van der Waals surface area contributed by atoms with Crippen LogP contribution in [0.1, 0.15) is 11.7 Å². The Bertz CT molecular complexity index is 2240. The summed E-state index contributed by atoms with van der Waals surface area (Å²) in [6.07, 6.45) is 3.57. The summed E-state index contributed by atoms with van der Waals surface area (Å²) in [6.45, 7) is 3.16. The van der Waals surface area contributed by atoms with Crippen molar-refractivity contribution in [1.29, 1.82) is 0 Å². The van der Waals surface area contributed by atoms with Gasteiger partial charge in [0.1, 0.15) is 28.2 Å². The van der Waals surface area contributed by atoms with Crippen LogP contribution in [-0.2, 0) is 9.47 Å². The van der Waals surface area contributed by atoms with Crippen LogP contribution >= 0.6 is 50.2 Å². The number of hydrogen-bond acceptors (Lipinski definition) is 14. The maximum Gasteiger partial charge on any atom is 0.190 e. The van der Waals surface area contributed by atoms with Crippen molar-refractivity contribution in [3.8, 4) is 50.1 Å². The Balaban J connectivity index is 1.01. The van der Waals surface area contributed by atoms with Gasteiger partial charge in [-0.05, 0) is 29.8 Å². The molecular weight excluding hydrogens is 788 g/mol. The van der Waals surface area contributed by atoms with Crippen LogP contribution in [0.5, 0.6) is 5.75 Å². The van der Waals surface area contributed by atoms with Gasteiger partial charge in [-0.15, -0.1) is 22.7 Å². The first kappa shape index (κ1) is 33.9. The van der Waals surface area contributed by atoms with Crippen LogP contribution in [0.3, 0.4) is 0 Å². The Hall–Kier alpha value is -4.26. The summed E-state index contributed by atoms with van der Waals surface area (Å²) in [5, 5.41) is 15.3. The van der Waals surface area contributed by atoms with Gasteiger partial charge in [0.2, 0.25) is 0 Å². The number of rotatable bonds is 7. The zero-order chi connectivity index (χ0) is 35.1. The number of hydrogen-bond donors (Lipinski definition) is 1. The zero-order valence-electron chi connectivity index (χ0n) is 26.3. The molecule has 0 aliphatic carbocycles. The van der Waals surface area contributed by atoms with Crippen molar-refractivity contribution >= 4 is 61.8 Å². The summed E-state index contributed by atoms with van der Waals surface area (Å²) in [4.78, 5) is 35.0. The number of nitrogens with zero attached hydrogens (tertiary/aromatic N) is 9. The van der Waals surface area contributed by atoms with E-state index >= 15 is 4.39 Å². The summed E-state index contributed by atoms with van der Waals surface area (Å²) in [7, 11) is 0. The van der Waals surface area contributed by atoms with E-state index in [-0.39, 0.29) is 28.2 Å². The molecule has 1 aromatic carbocycles. The molecule has 1 N–H and O–H groups in total. The topological polar surface area (TPSA) is 135 Å². The third kappa shape index (κ3) is 7.01. The van der Waals surface area contributed by atoms with Crippen LogP contribution in [0, 0.1) is 11.6 Å². The van der Waals surface area contributed by atoms with Crippen LogP contribution in [-0.4, -0.2) is 86.0 Å². The molecule has 2 aliphatic heterocycles. The maximum atomic E-state index is 15.3. The molecule has 12 nitrogen and oxygen atoms in total. The number of aromatic nitrogens is 7. The number of pyridine rings is 1. The SMILES string of the molecule is Oc1c(Cl)cc(Br)cc1-c1nc(-c2ncc(F)c(N3CCOC(c4ccnc(-c5csc(-c6ncc(F)c(N7CCOCC7)n6)n5)c4)C3)n2)cs1. The predicted octanol–water partition coefficient (Wildman–Crippen LogP) is 7.06. The van der Waals surface area contributed by atoms with Crippen molar-refractivity contribution in [3.05, 3.63) is 80.3 Å². The largest absolute Gasteiger partial charge is 0.506 e. The van der Waals surface area contributed by atoms with Gasteiger partial charge in [-0.3, -0.25) is 4.98 Å². The minimum atomic E-state index is -0.573. The number of halogens is 4. The van der Waals surface area contributed by atoms with Crippen molar-refractivity contribution in [2.45, 2.75) is 6.10 Å². The highest BCUT2D eigenvalue weighted by Crippen LogP contribution is 2.40. The first-order valence-corrected chi connectivity index (χ1v) is 18.5. The third-order valence-electron chi connectivity index (χ3n) is 8.23. The van der Waals surface area contributed by atoms with Gasteiger partial charge in [0.25, 0.3) is 0 Å². The van der Waals surface area contributed by atoms with Crippen LogP contribution in [0.2, 0.25) is 5.02 Å². The first-order valence-electron chi connectivity index (χ1n) is 15.6. The van der Waals surface area contributed by atoms with Gasteiger partial charge in [-0.1, -0.05) is 27.5 Å². The molecule has 2 fully saturated rings. The Kier molecular flexibility index (Phi) is 9.56. The average molecular weight is 813 g/mol. The molecule has 6 aromatic rings. The molecule has 2 aliphatic rings. The minimum Gasteiger partial charge on any atom is -0.506 e. The Morgan fingerprint density at radius 3 is 2.31 bits per heavy atom. The first-order chi connectivity index (χ1) is 24.8. The molecular formula is C33H25BrClF2N9O3S2. The van der Waals surface area contributed by atoms with E-state index in [9.17, 15) is 9.50 Å². The summed E-state index contributed by atoms with van der Waals surface area (Å²) in [6, 6.07) is 7.05. The highest BCUT2D eigenvalue weighted by atomic mass is 79.9. The fraction of sp³-hybridized carbons (Fsp3) is 0.242. The number of ether oxygens (including phenoxy) is 2. The highest BCUT2D eigenvalue weighted by Gasteiger charge is 2.27. The maximum absolute atomic E-state index is 15.3. The molecule has 1 atom stereocenters. The minimum absolute atomic E-state index is 0.0877. The van der Waals surface area contributed by atoms with Gasteiger partial charge < -0.3 is 24.4 Å². The smallest absolute Gasteiger partial charge is 0.190 e. The van der Waals surface area contributed by atoms with E-state index < -0.39 is 17.7 Å². The fourth-order valence-electron chi connectivity index (χ4n) is 5.72. The summed E-state index contributed by atoms with van der Waals surface area (Å²) in [5.41, 5.74) is 2.94. The van der Waals surface area contributed by atoms with Crippen LogP contribution in [0.15, 0.2) is 58.1 Å². The lowest BCUT2D eigenvalue weighted by Crippen LogP contribution is -2.39. The lowest BCUT2D eigenvalue weighted by atomic mass is 10.1. The van der Waals surface area contributed by atoms with E-state index in [0.717, 1.165) is 11.8 Å². The van der Waals surface area contributed by atoms with Crippen LogP contribution < -0.4 is 9.80 Å². The number of phenols is 1. The molecule has 260 valence electrons. The normalized spacial score (nSPS) is 16.5. The third-order valence-corrected chi connectivity index (χ3v) is 10.7. The van der Waals surface area contributed by atoms with Crippen LogP contribution in [0.4, 0.5) is 20.4 Å². The lowest BCUT2D eigenvalue weighted by molar-refractivity contribution is 0.0392. The van der Waals surface area contributed by atoms with Gasteiger partial charge in [0.15, 0.2) is 39.9 Å². The molecule has 1 unspecified atom stereocenters. The number of aromatic hydroxyl groups is 1. The van der Waals surface area contributed by atoms with E-state index in [2.05, 4.69) is 45.8 Å². The Labute approximate surface area is 310 Å². The molecule has 0 bridgehead atoms. The molecule has 0 amide bonds. The number of morpholine rings is 2. The van der Waals surface area contributed by atoms with E-state index in [0.29, 0.717) is 89.0 Å². The number of benzene rings is 1. The number of phenolic OH excluding ortho intramolecular Hbond substituents is 1. The van der Waals surface area contributed by atoms with Gasteiger partial charge in [0, 0.05) is 47.6 Å². The average Bonchev–Trinajstić information content (AvgIpc) is 3.86. The van der Waals surface area contributed by atoms with Gasteiger partial charge in [-0.2, -0.15) is 0 Å². The van der Waals surface area contributed by atoms with E-state index in [1.807, 2.05) is 27.3 Å². The van der Waals surface area contributed by atoms with Crippen molar-refractivity contribution in [1.82, 2.24) is 34.9 Å². The van der Waals surface area contributed by atoms with Gasteiger partial charge in [-0.25, -0.2) is 38.7 Å². The standard InChI is InChI=1S/C33H25BrClF2N9O3S2/c34-18-10-19(27(47)20(35)11-18)32-42-25(16-50-32)28-39-12-22(37)31(43-28)46-5-8-49-26(14-46)17-1-2-38-23(9-17)24-15-51-33(41-24)29-40-13-21(36)30(44-29)45-3-6-48-7-4-45/h1-2,9-13,15-16,26,47H,3-8,14H2. The second kappa shape index (κ2) is 14.4. The highest BCUT2D eigenvalue weighted by molar-refractivity contribution is 9.10. The molecule has 51 heavy (non-hydrogen) atoms. The van der Waals surface area contributed by atoms with E-state index in [1.165, 1.54) is 28.9 Å². The van der Waals surface area contributed by atoms with Crippen molar-refractivity contribution in [2.24, 2.45) is 0 Å². The molecule has 0 saturated carbocycles. The summed E-state index contributed by atoms with van der Waals surface area (Å²) < 4.78 is 42.1. The summed E-state index contributed by atoms with van der Waals surface area (Å²) >= 11 is 12.2. The lowest BCUT2D eigenvalue weighted by Gasteiger charge is -2.34. The van der Waals surface area contributed by atoms with Crippen LogP contribution in [0.25, 0.3) is 44.3 Å². The van der Waals surface area contributed by atoms with Crippen molar-refractivity contribution in [3.63, 3.8) is 0 Å². The molecule has 18 heteroatoms. The molecule has 0 radical (unpaired) electrons. The van der Waals surface area contributed by atoms with E-state index in [4.69, 9.17) is 26.1 Å². The Morgan fingerprint density at radius 1 is 0.804 bits per heavy atom. The number of anilines is 2. The predicted molar refractivity (Wildman–Crippen MR) is 193 cm³/mol. The van der Waals surface area contributed by atoms with Crippen molar-refractivity contribution in [2.75, 3.05) is 55.8 Å². The monoisotopic (exact) mass is 811 g/mol. The quantitative estimate of drug-likeness (QED) is 0.177. The molecule has 0 spiro atoms. The molecule has 8 rings (SSSR count). The van der Waals surface area contributed by atoms with E-state index in [1.54, 1.807) is 23.7 Å². The molecule has 7 heterocycles. The second-order valence-corrected chi connectivity index (χ2v) is 14.5. The fourth-order valence-corrected chi connectivity index (χ4v) is 8.09. The van der Waals surface area contributed by atoms with Crippen molar-refractivity contribution < 1.29 is 23.4 Å². The second-order valence-electron chi connectivity index (χ2n) is 11.5. The van der Waals surface area contributed by atoms with Gasteiger partial charge >= 0.3 is 0 Å². The van der Waals surface area contributed by atoms with Gasteiger partial charge in [0.05, 0.1) is 48.5 Å². The summed E-state index contributed by atoms with van der Waals surface area (Å²) in [5.74, 6) is -0.226.